The van der Waals surface area contributed by atoms with Gasteiger partial charge >= 0.3 is 0 Å². The summed E-state index contributed by atoms with van der Waals surface area (Å²) in [6.45, 7) is 5.99. The minimum absolute atomic E-state index is 0.0604. The van der Waals surface area contributed by atoms with E-state index in [4.69, 9.17) is 11.6 Å². The normalized spacial score (nSPS) is 13.1. The van der Waals surface area contributed by atoms with Gasteiger partial charge in [0.05, 0.1) is 5.56 Å². The van der Waals surface area contributed by atoms with Crippen LogP contribution >= 0.6 is 11.6 Å². The number of alkyl halides is 1. The fraction of sp³-hybridized carbons (Fsp3) is 0.500. The molecule has 5 heteroatoms. The first-order valence-electron chi connectivity index (χ1n) is 6.11. The number of halogens is 2. The molecule has 0 heterocycles. The Balaban J connectivity index is 2.88. The van der Waals surface area contributed by atoms with Crippen molar-refractivity contribution in [1.82, 2.24) is 5.32 Å². The molecule has 0 radical (unpaired) electrons. The molecule has 0 fully saturated rings. The van der Waals surface area contributed by atoms with Crippen LogP contribution in [0.4, 0.5) is 4.39 Å². The van der Waals surface area contributed by atoms with Crippen LogP contribution in [-0.2, 0) is 0 Å². The second kappa shape index (κ2) is 6.24. The van der Waals surface area contributed by atoms with Gasteiger partial charge in [-0.05, 0) is 24.0 Å². The van der Waals surface area contributed by atoms with E-state index >= 15 is 0 Å². The molecule has 1 amide bonds. The number of rotatable bonds is 4. The molecule has 1 atom stereocenters. The Morgan fingerprint density at radius 2 is 2.11 bits per heavy atom. The first-order chi connectivity index (χ1) is 8.75. The highest BCUT2D eigenvalue weighted by atomic mass is 35.5. The zero-order valence-electron chi connectivity index (χ0n) is 11.3. The van der Waals surface area contributed by atoms with Crippen LogP contribution in [0, 0.1) is 11.2 Å². The molecule has 0 aliphatic carbocycles. The first-order valence-corrected chi connectivity index (χ1v) is 6.64. The van der Waals surface area contributed by atoms with E-state index in [1.165, 1.54) is 6.07 Å². The van der Waals surface area contributed by atoms with Crippen LogP contribution in [0.5, 0.6) is 5.75 Å². The van der Waals surface area contributed by atoms with Crippen molar-refractivity contribution in [1.29, 1.82) is 0 Å². The van der Waals surface area contributed by atoms with Crippen molar-refractivity contribution in [3.8, 4) is 5.75 Å². The van der Waals surface area contributed by atoms with E-state index in [1.807, 2.05) is 20.8 Å². The smallest absolute Gasteiger partial charge is 0.255 e. The number of carbonyl (C=O) groups is 1. The Morgan fingerprint density at radius 3 is 2.58 bits per heavy atom. The van der Waals surface area contributed by atoms with Crippen LogP contribution in [0.15, 0.2) is 18.2 Å². The van der Waals surface area contributed by atoms with E-state index in [0.29, 0.717) is 12.3 Å². The molecule has 0 aliphatic rings. The fourth-order valence-corrected chi connectivity index (χ4v) is 1.98. The summed E-state index contributed by atoms with van der Waals surface area (Å²) in [5.74, 6) is -0.946. The summed E-state index contributed by atoms with van der Waals surface area (Å²) in [5.41, 5.74) is -0.0922. The van der Waals surface area contributed by atoms with Gasteiger partial charge < -0.3 is 10.4 Å². The lowest BCUT2D eigenvalue weighted by molar-refractivity contribution is 0.0897. The lowest BCUT2D eigenvalue weighted by atomic mass is 9.85. The van der Waals surface area contributed by atoms with E-state index < -0.39 is 11.7 Å². The minimum atomic E-state index is -0.581. The quantitative estimate of drug-likeness (QED) is 0.835. The van der Waals surface area contributed by atoms with E-state index in [0.717, 1.165) is 12.1 Å². The molecule has 0 spiro atoms. The van der Waals surface area contributed by atoms with E-state index in [2.05, 4.69) is 5.32 Å². The third-order valence-electron chi connectivity index (χ3n) is 2.95. The molecule has 2 N–H and O–H groups in total. The van der Waals surface area contributed by atoms with Gasteiger partial charge in [-0.3, -0.25) is 4.79 Å². The standard InChI is InChI=1S/C14H19ClFNO2/c1-14(2,3)12(6-7-15)17-13(19)10-5-4-9(16)8-11(10)18/h4-5,8,12,18H,6-7H2,1-3H3,(H,17,19). The highest BCUT2D eigenvalue weighted by Gasteiger charge is 2.26. The Kier molecular flexibility index (Phi) is 5.18. The Labute approximate surface area is 117 Å². The van der Waals surface area contributed by atoms with Gasteiger partial charge in [0.15, 0.2) is 0 Å². The van der Waals surface area contributed by atoms with Crippen molar-refractivity contribution in [2.75, 3.05) is 5.88 Å². The average molecular weight is 288 g/mol. The van der Waals surface area contributed by atoms with Gasteiger partial charge in [0.2, 0.25) is 0 Å². The molecule has 1 unspecified atom stereocenters. The number of aromatic hydroxyl groups is 1. The van der Waals surface area contributed by atoms with Crippen molar-refractivity contribution in [3.63, 3.8) is 0 Å². The average Bonchev–Trinajstić information content (AvgIpc) is 2.26. The molecule has 106 valence electrons. The Hall–Kier alpha value is -1.29. The van der Waals surface area contributed by atoms with Crippen LogP contribution in [0.25, 0.3) is 0 Å². The lowest BCUT2D eigenvalue weighted by Gasteiger charge is -2.31. The van der Waals surface area contributed by atoms with Crippen molar-refractivity contribution in [2.24, 2.45) is 5.41 Å². The number of amides is 1. The summed E-state index contributed by atoms with van der Waals surface area (Å²) in [6.07, 6.45) is 0.624. The van der Waals surface area contributed by atoms with Crippen molar-refractivity contribution < 1.29 is 14.3 Å². The summed E-state index contributed by atoms with van der Waals surface area (Å²) in [7, 11) is 0. The monoisotopic (exact) mass is 287 g/mol. The number of hydrogen-bond acceptors (Lipinski definition) is 2. The highest BCUT2D eigenvalue weighted by Crippen LogP contribution is 2.24. The molecule has 0 saturated heterocycles. The minimum Gasteiger partial charge on any atom is -0.507 e. The number of carbonyl (C=O) groups excluding carboxylic acids is 1. The summed E-state index contributed by atoms with van der Waals surface area (Å²) in [5, 5.41) is 12.4. The van der Waals surface area contributed by atoms with E-state index in [-0.39, 0.29) is 22.8 Å². The summed E-state index contributed by atoms with van der Waals surface area (Å²) in [6, 6.07) is 3.20. The summed E-state index contributed by atoms with van der Waals surface area (Å²) < 4.78 is 12.9. The molecular weight excluding hydrogens is 269 g/mol. The van der Waals surface area contributed by atoms with Crippen LogP contribution in [0.3, 0.4) is 0 Å². The maximum Gasteiger partial charge on any atom is 0.255 e. The zero-order chi connectivity index (χ0) is 14.6. The summed E-state index contributed by atoms with van der Waals surface area (Å²) >= 11 is 5.73. The second-order valence-electron chi connectivity index (χ2n) is 5.53. The Bertz CT molecular complexity index is 457. The summed E-state index contributed by atoms with van der Waals surface area (Å²) in [4.78, 5) is 12.1. The van der Waals surface area contributed by atoms with Crippen molar-refractivity contribution >= 4 is 17.5 Å². The third-order valence-corrected chi connectivity index (χ3v) is 3.17. The van der Waals surface area contributed by atoms with Gasteiger partial charge in [-0.1, -0.05) is 20.8 Å². The van der Waals surface area contributed by atoms with Gasteiger partial charge in [-0.25, -0.2) is 4.39 Å². The van der Waals surface area contributed by atoms with Gasteiger partial charge in [0.25, 0.3) is 5.91 Å². The lowest BCUT2D eigenvalue weighted by Crippen LogP contribution is -2.44. The molecule has 1 aromatic carbocycles. The van der Waals surface area contributed by atoms with Gasteiger partial charge in [0.1, 0.15) is 11.6 Å². The molecule has 19 heavy (non-hydrogen) atoms. The third kappa shape index (κ3) is 4.39. The molecule has 0 aromatic heterocycles. The van der Waals surface area contributed by atoms with Crippen molar-refractivity contribution in [3.05, 3.63) is 29.6 Å². The second-order valence-corrected chi connectivity index (χ2v) is 5.91. The fourth-order valence-electron chi connectivity index (χ4n) is 1.76. The topological polar surface area (TPSA) is 49.3 Å². The van der Waals surface area contributed by atoms with E-state index in [1.54, 1.807) is 0 Å². The molecule has 0 saturated carbocycles. The van der Waals surface area contributed by atoms with Crippen LogP contribution in [-0.4, -0.2) is 22.9 Å². The maximum atomic E-state index is 12.9. The van der Waals surface area contributed by atoms with Crippen LogP contribution in [0.2, 0.25) is 0 Å². The molecule has 0 bridgehead atoms. The number of phenols is 1. The number of nitrogens with one attached hydrogen (secondary N) is 1. The molecule has 1 rings (SSSR count). The molecule has 1 aromatic rings. The van der Waals surface area contributed by atoms with Gasteiger partial charge in [0, 0.05) is 18.0 Å². The van der Waals surface area contributed by atoms with Gasteiger partial charge in [-0.15, -0.1) is 11.6 Å². The van der Waals surface area contributed by atoms with E-state index in [9.17, 15) is 14.3 Å². The molecule has 0 aliphatic heterocycles. The van der Waals surface area contributed by atoms with Crippen molar-refractivity contribution in [2.45, 2.75) is 33.2 Å². The molecular formula is C14H19ClFNO2. The predicted octanol–water partition coefficient (Wildman–Crippen LogP) is 3.30. The molecule has 3 nitrogen and oxygen atoms in total. The number of hydrogen-bond donors (Lipinski definition) is 2. The van der Waals surface area contributed by atoms with Crippen LogP contribution in [0.1, 0.15) is 37.6 Å². The van der Waals surface area contributed by atoms with Gasteiger partial charge in [-0.2, -0.15) is 0 Å². The SMILES string of the molecule is CC(C)(C)C(CCCl)NC(=O)c1ccc(F)cc1O. The maximum absolute atomic E-state index is 12.9. The first kappa shape index (κ1) is 15.8. The predicted molar refractivity (Wildman–Crippen MR) is 74.1 cm³/mol. The zero-order valence-corrected chi connectivity index (χ0v) is 12.1. The van der Waals surface area contributed by atoms with Crippen LogP contribution < -0.4 is 5.32 Å². The number of phenolic OH excluding ortho intramolecular Hbond substituents is 1. The number of benzene rings is 1. The highest BCUT2D eigenvalue weighted by molar-refractivity contribution is 6.17. The largest absolute Gasteiger partial charge is 0.507 e. The Morgan fingerprint density at radius 1 is 1.47 bits per heavy atom.